The third kappa shape index (κ3) is 20.0. The number of ether oxygens (including phenoxy) is 7. The van der Waals surface area contributed by atoms with Crippen LogP contribution in [0.3, 0.4) is 0 Å². The fourth-order valence-electron chi connectivity index (χ4n) is 6.32. The van der Waals surface area contributed by atoms with Crippen molar-refractivity contribution in [3.63, 3.8) is 0 Å². The molecule has 15 nitrogen and oxygen atoms in total. The minimum Gasteiger partial charge on any atom is -0.870 e. The third-order valence-electron chi connectivity index (χ3n) is 9.54. The summed E-state index contributed by atoms with van der Waals surface area (Å²) in [5.41, 5.74) is 4.81. The van der Waals surface area contributed by atoms with Gasteiger partial charge in [-0.1, -0.05) is 182 Å². The Morgan fingerprint density at radius 3 is 1.10 bits per heavy atom. The topological polar surface area (TPSA) is 207 Å². The molecule has 0 aliphatic carbocycles. The zero-order valence-corrected chi connectivity index (χ0v) is 38.0. The van der Waals surface area contributed by atoms with E-state index < -0.39 is 48.4 Å². The maximum Gasteiger partial charge on any atom is 1.00 e. The molecule has 0 fully saturated rings. The smallest absolute Gasteiger partial charge is 0.870 e. The fourth-order valence-corrected chi connectivity index (χ4v) is 6.32. The molecule has 6 rings (SSSR count). The Morgan fingerprint density at radius 1 is 0.456 bits per heavy atom. The third-order valence-corrected chi connectivity index (χ3v) is 9.54. The van der Waals surface area contributed by atoms with Crippen LogP contribution in [0.5, 0.6) is 0 Å². The van der Waals surface area contributed by atoms with Crippen LogP contribution in [0.25, 0.3) is 0 Å². The van der Waals surface area contributed by atoms with E-state index in [1.54, 1.807) is 49.4 Å². The Balaban J connectivity index is 0.000000351. The summed E-state index contributed by atoms with van der Waals surface area (Å²) in [7, 11) is 0. The maximum absolute atomic E-state index is 12.8. The molecule has 6 aromatic carbocycles. The van der Waals surface area contributed by atoms with Crippen molar-refractivity contribution in [1.82, 2.24) is 10.6 Å². The summed E-state index contributed by atoms with van der Waals surface area (Å²) in [6.07, 6.45) is -3.94. The van der Waals surface area contributed by atoms with Crippen LogP contribution in [-0.4, -0.2) is 67.1 Å². The minimum absolute atomic E-state index is 0. The van der Waals surface area contributed by atoms with Gasteiger partial charge in [0.25, 0.3) is 0 Å². The number of hydrogen-bond donors (Lipinski definition) is 3. The Labute approximate surface area is 408 Å². The van der Waals surface area contributed by atoms with Crippen LogP contribution in [0, 0.1) is 0 Å². The van der Waals surface area contributed by atoms with Gasteiger partial charge in [-0.05, 0) is 40.3 Å². The standard InChI is InChI=1S/C27H29NO6.C25H25NO6.Li.H2O/c1-2-32-26(29)25(34-20-31-18-21-12-6-3-7-13-21)24(23-16-10-5-11-17-23)28-27(30)33-19-22-14-8-4-9-15-22;27-24(28)23(32-18-30-16-19-10-4-1-5-11-19)22(21-14-8-3-9-15-21)26-25(29)31-17-20-12-6-2-7-13-20;;/h3-17,24-25H,2,18-20H2,1H3,(H,28,30);1-15,22-23H,16-18H2,(H,26,29)(H,27,28);;1H2/q;;+1;/p-1/t24-,25-;22-,23+;;/m00../s1. The summed E-state index contributed by atoms with van der Waals surface area (Å²) in [6, 6.07) is 53.6. The summed E-state index contributed by atoms with van der Waals surface area (Å²) in [5.74, 6) is -1.84. The van der Waals surface area contributed by atoms with E-state index in [0.717, 1.165) is 22.3 Å². The zero-order valence-electron chi connectivity index (χ0n) is 38.0. The fraction of sp³-hybridized carbons (Fsp3) is 0.231. The number of carbonyl (C=O) groups excluding carboxylic acids is 3. The molecule has 0 saturated carbocycles. The number of rotatable bonds is 23. The van der Waals surface area contributed by atoms with Crippen molar-refractivity contribution >= 4 is 24.1 Å². The van der Waals surface area contributed by atoms with Crippen molar-refractivity contribution < 1.29 is 81.8 Å². The van der Waals surface area contributed by atoms with Crippen molar-refractivity contribution in [2.45, 2.75) is 57.6 Å². The second-order valence-electron chi connectivity index (χ2n) is 14.4. The number of carboxylic acid groups (broad SMARTS) is 1. The largest absolute Gasteiger partial charge is 1.00 e. The van der Waals surface area contributed by atoms with Gasteiger partial charge in [0.2, 0.25) is 0 Å². The molecule has 0 spiro atoms. The van der Waals surface area contributed by atoms with Gasteiger partial charge < -0.3 is 54.4 Å². The summed E-state index contributed by atoms with van der Waals surface area (Å²) in [6.45, 7) is 2.21. The Morgan fingerprint density at radius 2 is 0.765 bits per heavy atom. The molecule has 0 aliphatic rings. The van der Waals surface area contributed by atoms with E-state index in [-0.39, 0.29) is 64.4 Å². The number of amides is 2. The molecule has 352 valence electrons. The van der Waals surface area contributed by atoms with E-state index in [1.807, 2.05) is 140 Å². The van der Waals surface area contributed by atoms with E-state index in [1.165, 1.54) is 0 Å². The molecule has 0 saturated heterocycles. The van der Waals surface area contributed by atoms with Gasteiger partial charge >= 0.3 is 43.0 Å². The number of nitrogens with one attached hydrogen (secondary N) is 2. The first kappa shape index (κ1) is 55.5. The maximum atomic E-state index is 12.8. The van der Waals surface area contributed by atoms with E-state index >= 15 is 0 Å². The van der Waals surface area contributed by atoms with Gasteiger partial charge in [-0.3, -0.25) is 0 Å². The number of aliphatic carboxylic acids is 1. The Kier molecular flexibility index (Phi) is 26.1. The number of benzene rings is 6. The molecule has 0 bridgehead atoms. The van der Waals surface area contributed by atoms with Crippen molar-refractivity contribution in [3.05, 3.63) is 215 Å². The average Bonchev–Trinajstić information content (AvgIpc) is 3.36. The average molecular weight is 923 g/mol. The van der Waals surface area contributed by atoms with Crippen molar-refractivity contribution in [3.8, 4) is 0 Å². The van der Waals surface area contributed by atoms with Crippen molar-refractivity contribution in [2.24, 2.45) is 0 Å². The molecule has 4 N–H and O–H groups in total. The van der Waals surface area contributed by atoms with Crippen LogP contribution in [0.2, 0.25) is 0 Å². The quantitative estimate of drug-likeness (QED) is 0.0225. The van der Waals surface area contributed by atoms with Gasteiger partial charge in [-0.25, -0.2) is 19.2 Å². The molecule has 0 aromatic heterocycles. The molecule has 0 aliphatic heterocycles. The van der Waals surface area contributed by atoms with Crippen molar-refractivity contribution in [1.29, 1.82) is 0 Å². The molecular formula is C52H55LiN2O13. The van der Waals surface area contributed by atoms with Crippen LogP contribution in [0.15, 0.2) is 182 Å². The SMILES string of the molecule is CCOC(=O)[C@@H](OCOCc1ccccc1)[C@@H](NC(=O)OCc1ccccc1)c1ccccc1.O=C(N[C@@H](c1ccccc1)[C@@H](OCOCc1ccccc1)C(=O)O)OCc1ccccc1.[Li+].[OH-]. The number of hydrogen-bond acceptors (Lipinski definition) is 12. The zero-order chi connectivity index (χ0) is 46.6. The minimum atomic E-state index is -1.38. The molecule has 16 heteroatoms. The predicted molar refractivity (Wildman–Crippen MR) is 246 cm³/mol. The van der Waals surface area contributed by atoms with Gasteiger partial charge in [-0.15, -0.1) is 0 Å². The van der Waals surface area contributed by atoms with Crippen LogP contribution in [0.4, 0.5) is 9.59 Å². The molecule has 0 unspecified atom stereocenters. The van der Waals surface area contributed by atoms with Crippen LogP contribution < -0.4 is 29.5 Å². The molecule has 0 heterocycles. The van der Waals surface area contributed by atoms with E-state index in [0.29, 0.717) is 17.7 Å². The summed E-state index contributed by atoms with van der Waals surface area (Å²) >= 11 is 0. The molecule has 4 atom stereocenters. The normalized spacial score (nSPS) is 12.1. The first-order valence-electron chi connectivity index (χ1n) is 21.2. The van der Waals surface area contributed by atoms with Gasteiger partial charge in [0, 0.05) is 0 Å². The van der Waals surface area contributed by atoms with Crippen LogP contribution in [0.1, 0.15) is 52.4 Å². The van der Waals surface area contributed by atoms with Gasteiger partial charge in [0.1, 0.15) is 26.8 Å². The van der Waals surface area contributed by atoms with Crippen molar-refractivity contribution in [2.75, 3.05) is 20.2 Å². The Bertz CT molecular complexity index is 2300. The molecule has 68 heavy (non-hydrogen) atoms. The van der Waals surface area contributed by atoms with Gasteiger partial charge in [-0.2, -0.15) is 0 Å². The van der Waals surface area contributed by atoms with Crippen LogP contribution >= 0.6 is 0 Å². The van der Waals surface area contributed by atoms with E-state index in [2.05, 4.69) is 10.6 Å². The number of carbonyl (C=O) groups is 4. The summed E-state index contributed by atoms with van der Waals surface area (Å²) in [4.78, 5) is 49.8. The second-order valence-corrected chi connectivity index (χ2v) is 14.4. The Hall–Kier alpha value is -6.80. The van der Waals surface area contributed by atoms with Gasteiger partial charge in [0.05, 0.1) is 31.9 Å². The van der Waals surface area contributed by atoms with Gasteiger partial charge in [0.15, 0.2) is 12.2 Å². The summed E-state index contributed by atoms with van der Waals surface area (Å²) < 4.78 is 38.2. The monoisotopic (exact) mass is 922 g/mol. The molecule has 0 radical (unpaired) electrons. The first-order valence-corrected chi connectivity index (χ1v) is 21.2. The second kappa shape index (κ2) is 32.0. The van der Waals surface area contributed by atoms with E-state index in [4.69, 9.17) is 33.2 Å². The summed E-state index contributed by atoms with van der Waals surface area (Å²) in [5, 5.41) is 15.1. The molecule has 6 aromatic rings. The van der Waals surface area contributed by atoms with E-state index in [9.17, 15) is 24.3 Å². The molecule has 2 amide bonds. The number of esters is 1. The number of alkyl carbamates (subject to hydrolysis) is 2. The molecular weight excluding hydrogens is 868 g/mol. The predicted octanol–water partition coefficient (Wildman–Crippen LogP) is 5.90. The number of carboxylic acids is 1. The van der Waals surface area contributed by atoms with Crippen LogP contribution in [-0.2, 0) is 69.2 Å². The first-order chi connectivity index (χ1) is 32.3.